The summed E-state index contributed by atoms with van der Waals surface area (Å²) in [4.78, 5) is 16.4. The quantitative estimate of drug-likeness (QED) is 0.0917. The summed E-state index contributed by atoms with van der Waals surface area (Å²) in [6.07, 6.45) is 6.76. The van der Waals surface area contributed by atoms with Crippen LogP contribution in [0, 0.1) is 24.8 Å². The minimum absolute atomic E-state index is 0. The first-order valence-corrected chi connectivity index (χ1v) is 16.4. The Labute approximate surface area is 288 Å². The van der Waals surface area contributed by atoms with E-state index in [9.17, 15) is 9.90 Å². The van der Waals surface area contributed by atoms with Gasteiger partial charge in [0.15, 0.2) is 5.78 Å². The summed E-state index contributed by atoms with van der Waals surface area (Å²) in [6, 6.07) is 26.6. The third-order valence-electron chi connectivity index (χ3n) is 8.81. The number of para-hydroxylation sites is 1. The molecule has 5 heteroatoms. The molecule has 0 aliphatic rings. The molecule has 0 aliphatic carbocycles. The first-order valence-electron chi connectivity index (χ1n) is 16.4. The van der Waals surface area contributed by atoms with Gasteiger partial charge in [-0.05, 0) is 50.2 Å². The van der Waals surface area contributed by atoms with Gasteiger partial charge >= 0.3 is 0 Å². The van der Waals surface area contributed by atoms with E-state index in [1.165, 1.54) is 17.0 Å². The number of nitrogens with zero attached hydrogens (tertiary/aromatic N) is 1. The Morgan fingerprint density at radius 1 is 0.891 bits per heavy atom. The number of fused-ring (bicyclic) bond motifs is 2. The minimum atomic E-state index is 0. The summed E-state index contributed by atoms with van der Waals surface area (Å²) >= 11 is 0. The van der Waals surface area contributed by atoms with Crippen molar-refractivity contribution in [3.8, 4) is 22.6 Å². The second-order valence-corrected chi connectivity index (χ2v) is 12.9. The normalized spacial score (nSPS) is 11.9. The number of pyridine rings is 1. The van der Waals surface area contributed by atoms with Crippen LogP contribution in [0.1, 0.15) is 85.3 Å². The van der Waals surface area contributed by atoms with Crippen molar-refractivity contribution in [3.05, 3.63) is 102 Å². The number of hydrogen-bond donors (Lipinski definition) is 1. The third-order valence-corrected chi connectivity index (χ3v) is 8.81. The molecule has 0 saturated heterocycles. The second kappa shape index (κ2) is 16.3. The molecule has 0 aliphatic heterocycles. The van der Waals surface area contributed by atoms with Crippen LogP contribution in [0.4, 0.5) is 0 Å². The first-order chi connectivity index (χ1) is 21.5. The molecule has 0 unspecified atom stereocenters. The number of furan rings is 1. The molecule has 0 amide bonds. The van der Waals surface area contributed by atoms with Crippen LogP contribution in [0.25, 0.3) is 44.3 Å². The van der Waals surface area contributed by atoms with Gasteiger partial charge < -0.3 is 9.52 Å². The zero-order valence-electron chi connectivity index (χ0n) is 28.5. The number of aromatic nitrogens is 1. The van der Waals surface area contributed by atoms with Gasteiger partial charge in [-0.3, -0.25) is 9.78 Å². The number of allylic oxidation sites excluding steroid dienone is 2. The van der Waals surface area contributed by atoms with E-state index in [1.807, 2.05) is 58.2 Å². The van der Waals surface area contributed by atoms with Crippen LogP contribution in [-0.2, 0) is 30.3 Å². The van der Waals surface area contributed by atoms with E-state index >= 15 is 0 Å². The van der Waals surface area contributed by atoms with E-state index in [-0.39, 0.29) is 48.9 Å². The van der Waals surface area contributed by atoms with Crippen LogP contribution in [0.3, 0.4) is 0 Å². The molecule has 5 aromatic rings. The number of hydrogen-bond acceptors (Lipinski definition) is 4. The second-order valence-electron chi connectivity index (χ2n) is 12.9. The molecule has 46 heavy (non-hydrogen) atoms. The Bertz CT molecular complexity index is 1790. The Kier molecular flexibility index (Phi) is 13.1. The molecular formula is C41H48IrNO3-. The molecular weight excluding hydrogens is 747 g/mol. The summed E-state index contributed by atoms with van der Waals surface area (Å²) in [7, 11) is 0. The number of carbonyl (C=O) groups excluding carboxylic acids is 1. The summed E-state index contributed by atoms with van der Waals surface area (Å²) in [6.45, 7) is 16.9. The summed E-state index contributed by atoms with van der Waals surface area (Å²) in [5, 5.41) is 13.3. The fourth-order valence-electron chi connectivity index (χ4n) is 5.94. The summed E-state index contributed by atoms with van der Waals surface area (Å²) < 4.78 is 6.19. The van der Waals surface area contributed by atoms with Crippen molar-refractivity contribution in [2.24, 2.45) is 11.8 Å². The molecule has 4 nitrogen and oxygen atoms in total. The predicted molar refractivity (Wildman–Crippen MR) is 189 cm³/mol. The van der Waals surface area contributed by atoms with E-state index in [1.54, 1.807) is 0 Å². The van der Waals surface area contributed by atoms with Gasteiger partial charge in [0.1, 0.15) is 11.3 Å². The topological polar surface area (TPSA) is 63.3 Å². The first kappa shape index (κ1) is 36.9. The predicted octanol–water partition coefficient (Wildman–Crippen LogP) is 11.6. The van der Waals surface area contributed by atoms with Gasteiger partial charge in [0.2, 0.25) is 0 Å². The maximum Gasteiger partial charge on any atom is 0.162 e. The van der Waals surface area contributed by atoms with Crippen molar-refractivity contribution < 1.29 is 34.4 Å². The van der Waals surface area contributed by atoms with Gasteiger partial charge in [-0.2, -0.15) is 0 Å². The van der Waals surface area contributed by atoms with E-state index in [0.717, 1.165) is 70.2 Å². The van der Waals surface area contributed by atoms with Crippen molar-refractivity contribution in [2.75, 3.05) is 0 Å². The van der Waals surface area contributed by atoms with Gasteiger partial charge in [0.25, 0.3) is 0 Å². The number of carbonyl (C=O) groups is 1. The standard InChI is InChI=1S/C28H24NO.C13H24O2.Ir/c1-18-22-10-7-8-12-26(22)30-27(18)20-13-14-29-25(17-20)21-15-19-9-5-6-11-23(19)24(16-21)28(2,3)4;1-5-10(6-2)12(14)9-13(15)11(7-3)8-4;/h5-14,16-17H,1-4H3;9-11,14H,5-8H2,1-4H3;/q-1;;/b;12-9-;. The van der Waals surface area contributed by atoms with Gasteiger partial charge in [-0.15, -0.1) is 29.1 Å². The molecule has 0 atom stereocenters. The van der Waals surface area contributed by atoms with E-state index in [2.05, 4.69) is 81.2 Å². The van der Waals surface area contributed by atoms with Gasteiger partial charge in [-0.1, -0.05) is 102 Å². The molecule has 245 valence electrons. The molecule has 1 radical (unpaired) electrons. The zero-order valence-corrected chi connectivity index (χ0v) is 30.9. The molecule has 0 spiro atoms. The number of benzene rings is 3. The number of aliphatic hydroxyl groups excluding tert-OH is 1. The van der Waals surface area contributed by atoms with Crippen LogP contribution in [-0.4, -0.2) is 15.9 Å². The van der Waals surface area contributed by atoms with Crippen molar-refractivity contribution >= 4 is 27.5 Å². The Hall–Kier alpha value is -3.53. The van der Waals surface area contributed by atoms with Crippen LogP contribution in [0.5, 0.6) is 0 Å². The molecule has 5 rings (SSSR count). The summed E-state index contributed by atoms with van der Waals surface area (Å²) in [5.74, 6) is 1.45. The van der Waals surface area contributed by atoms with Crippen molar-refractivity contribution in [1.82, 2.24) is 4.98 Å². The van der Waals surface area contributed by atoms with E-state index in [0.29, 0.717) is 0 Å². The maximum atomic E-state index is 11.7. The number of ketones is 1. The zero-order chi connectivity index (χ0) is 32.7. The molecule has 3 aromatic carbocycles. The number of rotatable bonds is 9. The van der Waals surface area contributed by atoms with Gasteiger partial charge in [0, 0.05) is 66.4 Å². The number of aryl methyl sites for hydroxylation is 1. The molecule has 0 bridgehead atoms. The monoisotopic (exact) mass is 795 g/mol. The van der Waals surface area contributed by atoms with Crippen LogP contribution in [0.15, 0.2) is 89.2 Å². The SMILES string of the molecule is CCC(CC)C(=O)/C=C(\O)C(CC)CC.Cc1c(-c2ccnc(-c3[c-]c4ccccc4c(C(C)(C)C)c3)c2)oc2ccccc12.[Ir]. The molecule has 1 N–H and O–H groups in total. The average Bonchev–Trinajstić information content (AvgIpc) is 3.38. The fraction of sp³-hybridized carbons (Fsp3) is 0.366. The van der Waals surface area contributed by atoms with Crippen LogP contribution >= 0.6 is 0 Å². The minimum Gasteiger partial charge on any atom is -0.512 e. The van der Waals surface area contributed by atoms with E-state index < -0.39 is 0 Å². The van der Waals surface area contributed by atoms with Gasteiger partial charge in [0.05, 0.1) is 5.76 Å². The molecule has 0 saturated carbocycles. The molecule has 2 aromatic heterocycles. The fourth-order valence-corrected chi connectivity index (χ4v) is 5.94. The Morgan fingerprint density at radius 3 is 2.11 bits per heavy atom. The maximum absolute atomic E-state index is 11.7. The Balaban J connectivity index is 0.000000309. The Morgan fingerprint density at radius 2 is 1.50 bits per heavy atom. The molecule has 2 heterocycles. The van der Waals surface area contributed by atoms with Crippen molar-refractivity contribution in [1.29, 1.82) is 0 Å². The van der Waals surface area contributed by atoms with E-state index in [4.69, 9.17) is 4.42 Å². The average molecular weight is 795 g/mol. The molecule has 0 fully saturated rings. The number of aliphatic hydroxyl groups is 1. The van der Waals surface area contributed by atoms with Gasteiger partial charge in [-0.25, -0.2) is 0 Å². The largest absolute Gasteiger partial charge is 0.512 e. The van der Waals surface area contributed by atoms with Crippen molar-refractivity contribution in [3.63, 3.8) is 0 Å². The van der Waals surface area contributed by atoms with Crippen molar-refractivity contribution in [2.45, 2.75) is 86.5 Å². The smallest absolute Gasteiger partial charge is 0.162 e. The van der Waals surface area contributed by atoms with Crippen LogP contribution < -0.4 is 0 Å². The van der Waals surface area contributed by atoms with Crippen LogP contribution in [0.2, 0.25) is 0 Å². The summed E-state index contributed by atoms with van der Waals surface area (Å²) in [5.41, 5.74) is 6.34. The third kappa shape index (κ3) is 8.43.